The van der Waals surface area contributed by atoms with Crippen molar-refractivity contribution in [3.63, 3.8) is 0 Å². The van der Waals surface area contributed by atoms with Gasteiger partial charge >= 0.3 is 5.97 Å². The number of aromatic hydroxyl groups is 1. The third-order valence-electron chi connectivity index (χ3n) is 5.02. The normalized spacial score (nSPS) is 15.5. The van der Waals surface area contributed by atoms with E-state index < -0.39 is 54.5 Å². The number of carbonyl (C=O) groups excluding carboxylic acids is 3. The van der Waals surface area contributed by atoms with Crippen LogP contribution in [0.25, 0.3) is 0 Å². The molecule has 0 radical (unpaired) electrons. The molecule has 178 valence electrons. The predicted octanol–water partition coefficient (Wildman–Crippen LogP) is -1.14. The Balaban J connectivity index is 3.09. The molecule has 5 unspecified atom stereocenters. The molecule has 11 heteroatoms. The first kappa shape index (κ1) is 26.9. The molecule has 0 bridgehead atoms. The van der Waals surface area contributed by atoms with Crippen molar-refractivity contribution in [3.05, 3.63) is 29.8 Å². The fourth-order valence-electron chi connectivity index (χ4n) is 2.78. The quantitative estimate of drug-likeness (QED) is 0.207. The van der Waals surface area contributed by atoms with Gasteiger partial charge in [0.05, 0.1) is 12.6 Å². The van der Waals surface area contributed by atoms with Crippen LogP contribution in [0.5, 0.6) is 5.75 Å². The fourth-order valence-corrected chi connectivity index (χ4v) is 2.78. The maximum Gasteiger partial charge on any atom is 0.326 e. The summed E-state index contributed by atoms with van der Waals surface area (Å²) >= 11 is 0. The standard InChI is InChI=1S/C21H32N4O7/c1-4-11(2)17(21(31)32)25-19(29)15(9-13-5-7-14(27)8-6-13)23-20(30)16(10-26)24-18(28)12(3)22/h5-8,11-12,15-17,26-27H,4,9-10,22H2,1-3H3,(H,23,30)(H,24,28)(H,25,29)(H,31,32). The van der Waals surface area contributed by atoms with Crippen LogP contribution in [0.1, 0.15) is 32.8 Å². The molecule has 5 atom stereocenters. The first-order valence-electron chi connectivity index (χ1n) is 10.3. The number of aliphatic hydroxyl groups excluding tert-OH is 1. The highest BCUT2D eigenvalue weighted by Gasteiger charge is 2.31. The number of phenolic OH excluding ortho intramolecular Hbond substituents is 1. The van der Waals surface area contributed by atoms with Crippen LogP contribution in [-0.2, 0) is 25.6 Å². The molecule has 0 aliphatic heterocycles. The summed E-state index contributed by atoms with van der Waals surface area (Å²) in [4.78, 5) is 48.9. The number of amides is 3. The Morgan fingerprint density at radius 3 is 1.94 bits per heavy atom. The van der Waals surface area contributed by atoms with Gasteiger partial charge in [-0.3, -0.25) is 14.4 Å². The second-order valence-electron chi connectivity index (χ2n) is 7.67. The molecule has 1 aromatic carbocycles. The summed E-state index contributed by atoms with van der Waals surface area (Å²) in [5.74, 6) is -3.80. The Bertz CT molecular complexity index is 798. The third-order valence-corrected chi connectivity index (χ3v) is 5.02. The van der Waals surface area contributed by atoms with Gasteiger partial charge in [-0.25, -0.2) is 4.79 Å². The SMILES string of the molecule is CCC(C)C(NC(=O)C(Cc1ccc(O)cc1)NC(=O)C(CO)NC(=O)C(C)N)C(=O)O. The molecule has 0 aliphatic rings. The second-order valence-corrected chi connectivity index (χ2v) is 7.67. The Hall–Kier alpha value is -3.18. The van der Waals surface area contributed by atoms with E-state index in [4.69, 9.17) is 5.73 Å². The van der Waals surface area contributed by atoms with Crippen LogP contribution < -0.4 is 21.7 Å². The average Bonchev–Trinajstić information content (AvgIpc) is 2.75. The number of hydrogen-bond acceptors (Lipinski definition) is 7. The van der Waals surface area contributed by atoms with E-state index in [-0.39, 0.29) is 18.1 Å². The van der Waals surface area contributed by atoms with Gasteiger partial charge in [0.25, 0.3) is 0 Å². The number of hydrogen-bond donors (Lipinski definition) is 7. The van der Waals surface area contributed by atoms with Crippen molar-refractivity contribution < 1.29 is 34.5 Å². The molecule has 0 saturated heterocycles. The van der Waals surface area contributed by atoms with Gasteiger partial charge in [-0.15, -0.1) is 0 Å². The first-order chi connectivity index (χ1) is 15.0. The van der Waals surface area contributed by atoms with E-state index in [1.807, 2.05) is 0 Å². The van der Waals surface area contributed by atoms with Crippen molar-refractivity contribution >= 4 is 23.7 Å². The van der Waals surface area contributed by atoms with E-state index in [9.17, 15) is 34.5 Å². The lowest BCUT2D eigenvalue weighted by Gasteiger charge is -2.26. The lowest BCUT2D eigenvalue weighted by molar-refractivity contribution is -0.143. The Morgan fingerprint density at radius 1 is 0.938 bits per heavy atom. The van der Waals surface area contributed by atoms with Gasteiger partial charge in [-0.1, -0.05) is 32.4 Å². The summed E-state index contributed by atoms with van der Waals surface area (Å²) < 4.78 is 0. The Labute approximate surface area is 186 Å². The lowest BCUT2D eigenvalue weighted by Crippen LogP contribution is -2.58. The molecule has 11 nitrogen and oxygen atoms in total. The number of carboxylic acids is 1. The molecule has 3 amide bonds. The van der Waals surface area contributed by atoms with E-state index in [1.165, 1.54) is 19.1 Å². The number of nitrogens with two attached hydrogens (primary N) is 1. The van der Waals surface area contributed by atoms with Crippen LogP contribution in [0, 0.1) is 5.92 Å². The number of carboxylic acid groups (broad SMARTS) is 1. The highest BCUT2D eigenvalue weighted by molar-refractivity contribution is 5.94. The molecule has 0 aromatic heterocycles. The number of benzene rings is 1. The van der Waals surface area contributed by atoms with E-state index in [1.54, 1.807) is 26.0 Å². The van der Waals surface area contributed by atoms with Crippen molar-refractivity contribution in [2.75, 3.05) is 6.61 Å². The topological polar surface area (TPSA) is 191 Å². The van der Waals surface area contributed by atoms with Gasteiger partial charge in [-0.2, -0.15) is 0 Å². The summed E-state index contributed by atoms with van der Waals surface area (Å²) in [5.41, 5.74) is 6.04. The summed E-state index contributed by atoms with van der Waals surface area (Å²) in [7, 11) is 0. The second kappa shape index (κ2) is 12.6. The molecular formula is C21H32N4O7. The number of nitrogens with one attached hydrogen (secondary N) is 3. The van der Waals surface area contributed by atoms with Gasteiger partial charge < -0.3 is 37.0 Å². The van der Waals surface area contributed by atoms with Crippen molar-refractivity contribution in [2.45, 2.75) is 57.8 Å². The molecule has 0 aliphatic carbocycles. The molecular weight excluding hydrogens is 420 g/mol. The molecule has 0 heterocycles. The zero-order valence-electron chi connectivity index (χ0n) is 18.4. The molecule has 1 rings (SSSR count). The van der Waals surface area contributed by atoms with Gasteiger partial charge in [0, 0.05) is 6.42 Å². The van der Waals surface area contributed by atoms with E-state index >= 15 is 0 Å². The summed E-state index contributed by atoms with van der Waals surface area (Å²) in [6.45, 7) is 4.14. The minimum atomic E-state index is -1.35. The zero-order valence-corrected chi connectivity index (χ0v) is 18.4. The van der Waals surface area contributed by atoms with Crippen molar-refractivity contribution in [3.8, 4) is 5.75 Å². The Morgan fingerprint density at radius 2 is 1.47 bits per heavy atom. The lowest BCUT2D eigenvalue weighted by atomic mass is 9.98. The van der Waals surface area contributed by atoms with Crippen LogP contribution in [-0.4, -0.2) is 69.8 Å². The minimum Gasteiger partial charge on any atom is -0.508 e. The summed E-state index contributed by atoms with van der Waals surface area (Å²) in [6.07, 6.45) is 0.478. The molecule has 0 fully saturated rings. The van der Waals surface area contributed by atoms with Crippen molar-refractivity contribution in [2.24, 2.45) is 11.7 Å². The zero-order chi connectivity index (χ0) is 24.4. The predicted molar refractivity (Wildman–Crippen MR) is 115 cm³/mol. The van der Waals surface area contributed by atoms with Crippen molar-refractivity contribution in [1.82, 2.24) is 16.0 Å². The number of aliphatic hydroxyl groups is 1. The number of aliphatic carboxylic acids is 1. The van der Waals surface area contributed by atoms with E-state index in [0.717, 1.165) is 0 Å². The molecule has 0 saturated carbocycles. The van der Waals surface area contributed by atoms with Crippen LogP contribution in [0.3, 0.4) is 0 Å². The largest absolute Gasteiger partial charge is 0.508 e. The summed E-state index contributed by atoms with van der Waals surface area (Å²) in [5, 5.41) is 35.6. The highest BCUT2D eigenvalue weighted by Crippen LogP contribution is 2.13. The first-order valence-corrected chi connectivity index (χ1v) is 10.3. The van der Waals surface area contributed by atoms with Crippen LogP contribution >= 0.6 is 0 Å². The Kier molecular flexibility index (Phi) is 10.6. The minimum absolute atomic E-state index is 0.0143. The van der Waals surface area contributed by atoms with Gasteiger partial charge in [0.2, 0.25) is 17.7 Å². The molecule has 32 heavy (non-hydrogen) atoms. The molecule has 0 spiro atoms. The van der Waals surface area contributed by atoms with E-state index in [2.05, 4.69) is 16.0 Å². The maximum absolute atomic E-state index is 12.9. The van der Waals surface area contributed by atoms with E-state index in [0.29, 0.717) is 12.0 Å². The molecule has 8 N–H and O–H groups in total. The maximum atomic E-state index is 12.9. The smallest absolute Gasteiger partial charge is 0.326 e. The van der Waals surface area contributed by atoms with Gasteiger partial charge in [0.1, 0.15) is 23.9 Å². The van der Waals surface area contributed by atoms with Crippen LogP contribution in [0.2, 0.25) is 0 Å². The van der Waals surface area contributed by atoms with Crippen LogP contribution in [0.15, 0.2) is 24.3 Å². The monoisotopic (exact) mass is 452 g/mol. The number of rotatable bonds is 12. The van der Waals surface area contributed by atoms with Crippen LogP contribution in [0.4, 0.5) is 0 Å². The number of phenols is 1. The average molecular weight is 453 g/mol. The number of carbonyl (C=O) groups is 4. The highest BCUT2D eigenvalue weighted by atomic mass is 16.4. The van der Waals surface area contributed by atoms with Gasteiger partial charge in [-0.05, 0) is 30.5 Å². The summed E-state index contributed by atoms with van der Waals surface area (Å²) in [6, 6.07) is 1.26. The van der Waals surface area contributed by atoms with Gasteiger partial charge in [0.15, 0.2) is 0 Å². The molecule has 1 aromatic rings. The van der Waals surface area contributed by atoms with Crippen molar-refractivity contribution in [1.29, 1.82) is 0 Å². The third kappa shape index (κ3) is 8.16. The fraction of sp³-hybridized carbons (Fsp3) is 0.524.